The highest BCUT2D eigenvalue weighted by atomic mass is 32.2. The van der Waals surface area contributed by atoms with Gasteiger partial charge in [-0.15, -0.1) is 0 Å². The number of nitrogens with one attached hydrogen (secondary N) is 1. The van der Waals surface area contributed by atoms with Gasteiger partial charge in [0.05, 0.1) is 19.0 Å². The SMILES string of the molecule is CCc1cccc(CC)c1NC(=O)CCS(=O)(=O)N1CCOCC1. The molecule has 1 saturated heterocycles. The van der Waals surface area contributed by atoms with Crippen molar-refractivity contribution in [3.63, 3.8) is 0 Å². The second-order valence-electron chi connectivity index (χ2n) is 5.78. The number of nitrogens with zero attached hydrogens (tertiary/aromatic N) is 1. The van der Waals surface area contributed by atoms with Gasteiger partial charge in [0.2, 0.25) is 15.9 Å². The molecule has 0 saturated carbocycles. The summed E-state index contributed by atoms with van der Waals surface area (Å²) >= 11 is 0. The number of morpholine rings is 1. The summed E-state index contributed by atoms with van der Waals surface area (Å²) in [6.45, 7) is 5.62. The number of sulfonamides is 1. The summed E-state index contributed by atoms with van der Waals surface area (Å²) in [4.78, 5) is 12.3. The van der Waals surface area contributed by atoms with Gasteiger partial charge in [0.1, 0.15) is 0 Å². The smallest absolute Gasteiger partial charge is 0.225 e. The van der Waals surface area contributed by atoms with Crippen molar-refractivity contribution in [2.45, 2.75) is 33.1 Å². The van der Waals surface area contributed by atoms with E-state index in [1.165, 1.54) is 4.31 Å². The zero-order valence-corrected chi connectivity index (χ0v) is 15.2. The molecule has 7 heteroatoms. The average molecular weight is 354 g/mol. The fourth-order valence-corrected chi connectivity index (χ4v) is 4.19. The van der Waals surface area contributed by atoms with Gasteiger partial charge in [-0.3, -0.25) is 4.79 Å². The zero-order chi connectivity index (χ0) is 17.6. The largest absolute Gasteiger partial charge is 0.379 e. The van der Waals surface area contributed by atoms with Crippen molar-refractivity contribution in [1.82, 2.24) is 4.31 Å². The summed E-state index contributed by atoms with van der Waals surface area (Å²) < 4.78 is 31.1. The quantitative estimate of drug-likeness (QED) is 0.810. The van der Waals surface area contributed by atoms with Crippen LogP contribution in [0.4, 0.5) is 5.69 Å². The molecule has 1 aliphatic rings. The molecule has 1 aromatic rings. The van der Waals surface area contributed by atoms with E-state index in [9.17, 15) is 13.2 Å². The minimum Gasteiger partial charge on any atom is -0.379 e. The number of hydrogen-bond donors (Lipinski definition) is 1. The highest BCUT2D eigenvalue weighted by Crippen LogP contribution is 2.22. The number of ether oxygens (including phenoxy) is 1. The van der Waals surface area contributed by atoms with Crippen molar-refractivity contribution in [2.24, 2.45) is 0 Å². The van der Waals surface area contributed by atoms with E-state index in [4.69, 9.17) is 4.74 Å². The Labute approximate surface area is 144 Å². The second kappa shape index (κ2) is 8.60. The maximum Gasteiger partial charge on any atom is 0.225 e. The Kier molecular flexibility index (Phi) is 6.77. The molecule has 0 aliphatic carbocycles. The van der Waals surface area contributed by atoms with Crippen LogP contribution in [0.15, 0.2) is 18.2 Å². The van der Waals surface area contributed by atoms with Crippen LogP contribution in [0.25, 0.3) is 0 Å². The minimum atomic E-state index is -3.41. The molecule has 0 unspecified atom stereocenters. The molecule has 0 aromatic heterocycles. The number of hydrogen-bond acceptors (Lipinski definition) is 4. The molecule has 0 atom stereocenters. The van der Waals surface area contributed by atoms with Gasteiger partial charge in [0.15, 0.2) is 0 Å². The maximum atomic E-state index is 12.3. The Balaban J connectivity index is 1.99. The normalized spacial score (nSPS) is 16.1. The van der Waals surface area contributed by atoms with Crippen molar-refractivity contribution >= 4 is 21.6 Å². The molecule has 6 nitrogen and oxygen atoms in total. The van der Waals surface area contributed by atoms with Crippen LogP contribution in [-0.4, -0.2) is 50.7 Å². The van der Waals surface area contributed by atoms with Crippen molar-refractivity contribution in [1.29, 1.82) is 0 Å². The first-order valence-corrected chi connectivity index (χ1v) is 10.0. The molecular weight excluding hydrogens is 328 g/mol. The summed E-state index contributed by atoms with van der Waals surface area (Å²) in [5, 5.41) is 2.91. The first kappa shape index (κ1) is 18.9. The highest BCUT2D eigenvalue weighted by Gasteiger charge is 2.25. The van der Waals surface area contributed by atoms with Crippen molar-refractivity contribution in [2.75, 3.05) is 37.4 Å². The Morgan fingerprint density at radius 1 is 1.17 bits per heavy atom. The molecule has 1 aliphatic heterocycles. The fraction of sp³-hybridized carbons (Fsp3) is 0.588. The van der Waals surface area contributed by atoms with Crippen LogP contribution in [0.1, 0.15) is 31.4 Å². The van der Waals surface area contributed by atoms with Gasteiger partial charge in [0, 0.05) is 25.2 Å². The summed E-state index contributed by atoms with van der Waals surface area (Å²) in [5.41, 5.74) is 2.97. The monoisotopic (exact) mass is 354 g/mol. The average Bonchev–Trinajstić information content (AvgIpc) is 2.61. The van der Waals surface area contributed by atoms with E-state index in [0.717, 1.165) is 29.7 Å². The lowest BCUT2D eigenvalue weighted by Crippen LogP contribution is -2.42. The van der Waals surface area contributed by atoms with Gasteiger partial charge in [0.25, 0.3) is 0 Å². The first-order chi connectivity index (χ1) is 11.5. The third kappa shape index (κ3) is 4.78. The van der Waals surface area contributed by atoms with E-state index in [2.05, 4.69) is 5.32 Å². The van der Waals surface area contributed by atoms with Gasteiger partial charge in [-0.25, -0.2) is 8.42 Å². The van der Waals surface area contributed by atoms with Crippen LogP contribution in [0.3, 0.4) is 0 Å². The molecular formula is C17H26N2O4S. The number of carbonyl (C=O) groups excluding carboxylic acids is 1. The van der Waals surface area contributed by atoms with Gasteiger partial charge >= 0.3 is 0 Å². The predicted molar refractivity (Wildman–Crippen MR) is 94.6 cm³/mol. The van der Waals surface area contributed by atoms with E-state index in [1.54, 1.807) is 0 Å². The molecule has 1 N–H and O–H groups in total. The van der Waals surface area contributed by atoms with Gasteiger partial charge in [-0.05, 0) is 24.0 Å². The molecule has 0 spiro atoms. The van der Waals surface area contributed by atoms with E-state index in [-0.39, 0.29) is 18.1 Å². The standard InChI is InChI=1S/C17H26N2O4S/c1-3-14-6-5-7-15(4-2)17(14)18-16(20)8-13-24(21,22)19-9-11-23-12-10-19/h5-7H,3-4,8-13H2,1-2H3,(H,18,20). The lowest BCUT2D eigenvalue weighted by atomic mass is 10.0. The molecule has 0 radical (unpaired) electrons. The maximum absolute atomic E-state index is 12.3. The van der Waals surface area contributed by atoms with Crippen LogP contribution >= 0.6 is 0 Å². The summed E-state index contributed by atoms with van der Waals surface area (Å²) in [6, 6.07) is 5.95. The number of carbonyl (C=O) groups is 1. The van der Waals surface area contributed by atoms with Crippen molar-refractivity contribution < 1.29 is 17.9 Å². The molecule has 24 heavy (non-hydrogen) atoms. The number of anilines is 1. The Hall–Kier alpha value is -1.44. The molecule has 2 rings (SSSR count). The Morgan fingerprint density at radius 2 is 1.75 bits per heavy atom. The lowest BCUT2D eigenvalue weighted by molar-refractivity contribution is -0.115. The molecule has 1 aromatic carbocycles. The number of rotatable bonds is 7. The highest BCUT2D eigenvalue weighted by molar-refractivity contribution is 7.89. The molecule has 134 valence electrons. The van der Waals surface area contributed by atoms with Crippen molar-refractivity contribution in [3.8, 4) is 0 Å². The minimum absolute atomic E-state index is 0.0408. The topological polar surface area (TPSA) is 75.7 Å². The number of benzene rings is 1. The van der Waals surface area contributed by atoms with E-state index in [0.29, 0.717) is 26.3 Å². The summed E-state index contributed by atoms with van der Waals surface area (Å²) in [5.74, 6) is -0.434. The van der Waals surface area contributed by atoms with E-state index < -0.39 is 10.0 Å². The van der Waals surface area contributed by atoms with E-state index in [1.807, 2.05) is 32.0 Å². The van der Waals surface area contributed by atoms with Crippen LogP contribution in [-0.2, 0) is 32.4 Å². The van der Waals surface area contributed by atoms with Gasteiger partial charge in [-0.2, -0.15) is 4.31 Å². The summed E-state index contributed by atoms with van der Waals surface area (Å²) in [7, 11) is -3.41. The molecule has 1 heterocycles. The van der Waals surface area contributed by atoms with Gasteiger partial charge in [-0.1, -0.05) is 32.0 Å². The van der Waals surface area contributed by atoms with Crippen LogP contribution < -0.4 is 5.32 Å². The third-order valence-electron chi connectivity index (χ3n) is 4.21. The van der Waals surface area contributed by atoms with Crippen LogP contribution in [0.5, 0.6) is 0 Å². The second-order valence-corrected chi connectivity index (χ2v) is 7.87. The zero-order valence-electron chi connectivity index (χ0n) is 14.4. The molecule has 0 bridgehead atoms. The molecule has 1 fully saturated rings. The lowest BCUT2D eigenvalue weighted by Gasteiger charge is -2.25. The predicted octanol–water partition coefficient (Wildman–Crippen LogP) is 1.80. The first-order valence-electron chi connectivity index (χ1n) is 8.44. The Morgan fingerprint density at radius 3 is 2.29 bits per heavy atom. The van der Waals surface area contributed by atoms with Gasteiger partial charge < -0.3 is 10.1 Å². The number of amides is 1. The number of para-hydroxylation sites is 1. The van der Waals surface area contributed by atoms with Crippen LogP contribution in [0, 0.1) is 0 Å². The Bertz CT molecular complexity index is 645. The van der Waals surface area contributed by atoms with E-state index >= 15 is 0 Å². The van der Waals surface area contributed by atoms with Crippen LogP contribution in [0.2, 0.25) is 0 Å². The molecule has 1 amide bonds. The third-order valence-corrected chi connectivity index (χ3v) is 6.09. The van der Waals surface area contributed by atoms with Crippen molar-refractivity contribution in [3.05, 3.63) is 29.3 Å². The number of aryl methyl sites for hydroxylation is 2. The fourth-order valence-electron chi connectivity index (χ4n) is 2.78. The summed E-state index contributed by atoms with van der Waals surface area (Å²) in [6.07, 6.45) is 1.59.